The van der Waals surface area contributed by atoms with Crippen molar-refractivity contribution in [2.75, 3.05) is 26.4 Å². The van der Waals surface area contributed by atoms with Crippen LogP contribution in [-0.2, 0) is 57.3 Å². The van der Waals surface area contributed by atoms with Crippen LogP contribution < -0.4 is 0 Å². The molecule has 3 fully saturated rings. The number of hydrogen-bond donors (Lipinski definition) is 0. The highest BCUT2D eigenvalue weighted by molar-refractivity contribution is 5.86. The van der Waals surface area contributed by atoms with E-state index in [0.717, 1.165) is 37.7 Å². The van der Waals surface area contributed by atoms with E-state index < -0.39 is 64.1 Å². The van der Waals surface area contributed by atoms with Crippen molar-refractivity contribution >= 4 is 29.5 Å². The van der Waals surface area contributed by atoms with Crippen molar-refractivity contribution < 1.29 is 57.3 Å². The van der Waals surface area contributed by atoms with Gasteiger partial charge in [0.25, 0.3) is 0 Å². The zero-order valence-corrected chi connectivity index (χ0v) is 49.5. The average molecular weight is 1060 g/mol. The number of hydroxylamine groups is 4. The van der Waals surface area contributed by atoms with Crippen LogP contribution >= 0.6 is 0 Å². The van der Waals surface area contributed by atoms with Crippen LogP contribution in [0.15, 0.2) is 60.7 Å². The fourth-order valence-corrected chi connectivity index (χ4v) is 10.9. The number of benzene rings is 2. The normalized spacial score (nSPS) is 28.8. The summed E-state index contributed by atoms with van der Waals surface area (Å²) in [5, 5.41) is 3.84. The Morgan fingerprint density at radius 2 is 1.05 bits per heavy atom. The summed E-state index contributed by atoms with van der Waals surface area (Å²) in [6.07, 6.45) is 5.15. The summed E-state index contributed by atoms with van der Waals surface area (Å²) < 4.78 is 28.8. The van der Waals surface area contributed by atoms with Crippen LogP contribution in [0.5, 0.6) is 0 Å². The van der Waals surface area contributed by atoms with Gasteiger partial charge < -0.3 is 23.7 Å². The third-order valence-corrected chi connectivity index (χ3v) is 17.3. The molecule has 0 saturated carbocycles. The Kier molecular flexibility index (Phi) is 24.4. The van der Waals surface area contributed by atoms with E-state index in [-0.39, 0.29) is 67.4 Å². The van der Waals surface area contributed by atoms with Crippen molar-refractivity contribution in [3.8, 4) is 0 Å². The Bertz CT molecular complexity index is 2160. The van der Waals surface area contributed by atoms with Crippen molar-refractivity contribution in [1.29, 1.82) is 0 Å². The van der Waals surface area contributed by atoms with Crippen molar-refractivity contribution in [3.63, 3.8) is 0 Å². The molecule has 0 aliphatic carbocycles. The highest BCUT2D eigenvalue weighted by Crippen LogP contribution is 2.47. The summed E-state index contributed by atoms with van der Waals surface area (Å²) in [5.41, 5.74) is -0.155. The van der Waals surface area contributed by atoms with Gasteiger partial charge >= 0.3 is 17.9 Å². The van der Waals surface area contributed by atoms with Gasteiger partial charge in [-0.15, -0.1) is 0 Å². The predicted octanol–water partition coefficient (Wildman–Crippen LogP) is 12.5. The number of carbonyl (C=O) groups is 5. The number of ketones is 2. The number of piperidine rings is 2. The Morgan fingerprint density at radius 3 is 1.47 bits per heavy atom. The van der Waals surface area contributed by atoms with E-state index in [2.05, 4.69) is 53.7 Å². The second kappa shape index (κ2) is 28.7. The van der Waals surface area contributed by atoms with Crippen LogP contribution in [0.1, 0.15) is 211 Å². The minimum Gasteiger partial charge on any atom is -0.465 e. The second-order valence-electron chi connectivity index (χ2n) is 23.4. The Hall–Kier alpha value is -4.05. The summed E-state index contributed by atoms with van der Waals surface area (Å²) in [7, 11) is 0. The van der Waals surface area contributed by atoms with Gasteiger partial charge in [-0.1, -0.05) is 143 Å². The lowest BCUT2D eigenvalue weighted by atomic mass is 9.70. The zero-order chi connectivity index (χ0) is 56.6. The number of esters is 3. The molecule has 2 aromatic rings. The molecule has 428 valence electrons. The van der Waals surface area contributed by atoms with Gasteiger partial charge in [0.15, 0.2) is 18.0 Å². The number of ether oxygens (including phenoxy) is 5. The molecule has 12 atom stereocenters. The molecule has 5 rings (SSSR count). The molecule has 0 radical (unpaired) electrons. The van der Waals surface area contributed by atoms with Crippen molar-refractivity contribution in [2.45, 2.75) is 246 Å². The lowest BCUT2D eigenvalue weighted by Crippen LogP contribution is -2.68. The van der Waals surface area contributed by atoms with Gasteiger partial charge in [0, 0.05) is 24.7 Å². The molecule has 76 heavy (non-hydrogen) atoms. The first kappa shape index (κ1) is 64.5. The summed E-state index contributed by atoms with van der Waals surface area (Å²) in [6.45, 7) is 33.0. The fraction of sp³-hybridized carbons (Fsp3) is 0.726. The number of carbonyl (C=O) groups excluding carboxylic acids is 5. The quantitative estimate of drug-likeness (QED) is 0.0498. The topological polar surface area (TPSA) is 156 Å². The molecule has 0 spiro atoms. The molecule has 0 N–H and O–H groups in total. The van der Waals surface area contributed by atoms with Gasteiger partial charge in [-0.2, -0.15) is 10.1 Å². The second-order valence-corrected chi connectivity index (χ2v) is 23.4. The molecule has 0 bridgehead atoms. The van der Waals surface area contributed by atoms with E-state index in [4.69, 9.17) is 33.4 Å². The van der Waals surface area contributed by atoms with Gasteiger partial charge in [0.1, 0.15) is 24.3 Å². The minimum atomic E-state index is -1.30. The van der Waals surface area contributed by atoms with Crippen LogP contribution in [0, 0.1) is 17.8 Å². The first-order valence-corrected chi connectivity index (χ1v) is 28.7. The third kappa shape index (κ3) is 16.0. The van der Waals surface area contributed by atoms with Gasteiger partial charge in [-0.05, 0) is 116 Å². The highest BCUT2D eigenvalue weighted by atomic mass is 16.8. The summed E-state index contributed by atoms with van der Waals surface area (Å²) in [5.74, 6) is -3.25. The number of nitrogens with zero attached hydrogens (tertiary/aromatic N) is 2. The van der Waals surface area contributed by atoms with Crippen molar-refractivity contribution in [3.05, 3.63) is 71.8 Å². The molecule has 12 unspecified atom stereocenters. The summed E-state index contributed by atoms with van der Waals surface area (Å²) >= 11 is 0. The van der Waals surface area contributed by atoms with Gasteiger partial charge in [0.05, 0.1) is 47.9 Å². The summed E-state index contributed by atoms with van der Waals surface area (Å²) in [6, 6.07) is 20.1. The van der Waals surface area contributed by atoms with Crippen LogP contribution in [0.25, 0.3) is 0 Å². The van der Waals surface area contributed by atoms with Crippen molar-refractivity contribution in [2.24, 2.45) is 17.8 Å². The Morgan fingerprint density at radius 1 is 0.605 bits per heavy atom. The average Bonchev–Trinajstić information content (AvgIpc) is 3.77. The Labute approximate surface area is 457 Å². The molecule has 0 amide bonds. The molecular weight excluding hydrogens is 965 g/mol. The van der Waals surface area contributed by atoms with E-state index >= 15 is 0 Å². The van der Waals surface area contributed by atoms with Gasteiger partial charge in [-0.3, -0.25) is 24.1 Å². The summed E-state index contributed by atoms with van der Waals surface area (Å²) in [4.78, 5) is 80.7. The van der Waals surface area contributed by atoms with Crippen molar-refractivity contribution in [1.82, 2.24) is 10.1 Å². The van der Waals surface area contributed by atoms with E-state index in [1.807, 2.05) is 128 Å². The van der Waals surface area contributed by atoms with E-state index in [0.29, 0.717) is 45.1 Å². The zero-order valence-electron chi connectivity index (χ0n) is 49.5. The van der Waals surface area contributed by atoms with E-state index in [9.17, 15) is 24.0 Å². The van der Waals surface area contributed by atoms with Crippen LogP contribution in [0.3, 0.4) is 0 Å². The lowest BCUT2D eigenvalue weighted by molar-refractivity contribution is -0.320. The SMILES string of the molecule is CCCCOC(=O)C(CC(C)c1ccccc1)C(ON1C(C)(CC)CC(=O)C(C)C1(C)CC)C(=O)OCC1COC(C)(C)O1.CCCCOC(=O)C(CC(C)c1ccccc1)ON1C(C)(CC)CC(=O)C(C)C1(C)CC. The molecule has 14 heteroatoms. The van der Waals surface area contributed by atoms with Crippen LogP contribution in [-0.4, -0.2) is 112 Å². The number of rotatable bonds is 26. The smallest absolute Gasteiger partial charge is 0.338 e. The molecular formula is C62H98N2O12. The molecule has 3 saturated heterocycles. The van der Waals surface area contributed by atoms with Crippen LogP contribution in [0.4, 0.5) is 0 Å². The predicted molar refractivity (Wildman–Crippen MR) is 296 cm³/mol. The van der Waals surface area contributed by atoms with E-state index in [1.165, 1.54) is 5.56 Å². The lowest BCUT2D eigenvalue weighted by Gasteiger charge is -2.56. The maximum Gasteiger partial charge on any atom is 0.338 e. The standard InChI is InChI=1S/C35H55NO8.C27H43NO4/c1-10-13-19-40-31(38)28(20-24(4)26-17-15-14-16-18-26)30(32(39)41-22-27-23-42-33(6,7)43-27)44-36-34(8,11-2)21-29(37)25(5)35(36,9)12-3;1-8-11-17-31-25(30)24(18-20(4)22-15-13-12-14-16-22)32-28-26(6,9-2)19-23(29)21(5)27(28,7)10-3/h14-18,24-25,27-28,30H,10-13,19-23H2,1-9H3;12-16,20-21,24H,8-11,17-19H2,1-7H3. The third-order valence-electron chi connectivity index (χ3n) is 17.3. The monoisotopic (exact) mass is 1060 g/mol. The fourth-order valence-electron chi connectivity index (χ4n) is 10.9. The van der Waals surface area contributed by atoms with Gasteiger partial charge in [-0.25, -0.2) is 9.59 Å². The molecule has 3 aliphatic rings. The molecule has 2 aromatic carbocycles. The number of Topliss-reactive ketones (excluding diaryl/α,β-unsaturated/α-hetero) is 2. The number of hydrogen-bond acceptors (Lipinski definition) is 14. The molecule has 3 heterocycles. The molecule has 3 aliphatic heterocycles. The first-order chi connectivity index (χ1) is 35.8. The largest absolute Gasteiger partial charge is 0.465 e. The molecule has 14 nitrogen and oxygen atoms in total. The maximum absolute atomic E-state index is 14.1. The first-order valence-electron chi connectivity index (χ1n) is 28.7. The van der Waals surface area contributed by atoms with Gasteiger partial charge in [0.2, 0.25) is 0 Å². The maximum atomic E-state index is 14.1. The highest BCUT2D eigenvalue weighted by Gasteiger charge is 2.57. The van der Waals surface area contributed by atoms with E-state index in [1.54, 1.807) is 0 Å². The molecule has 0 aromatic heterocycles. The minimum absolute atomic E-state index is 0.0427. The Balaban J connectivity index is 0.000000346. The number of unbranched alkanes of at least 4 members (excludes halogenated alkanes) is 2. The van der Waals surface area contributed by atoms with Crippen LogP contribution in [0.2, 0.25) is 0 Å².